The summed E-state index contributed by atoms with van der Waals surface area (Å²) in [5, 5.41) is 0. The van der Waals surface area contributed by atoms with Crippen LogP contribution in [0, 0.1) is 0 Å². The van der Waals surface area contributed by atoms with Crippen LogP contribution in [-0.2, 0) is 4.74 Å². The van der Waals surface area contributed by atoms with Crippen LogP contribution in [0.15, 0.2) is 0 Å². The molecule has 0 spiro atoms. The van der Waals surface area contributed by atoms with Gasteiger partial charge < -0.3 is 15.4 Å². The fraction of sp³-hybridized carbons (Fsp3) is 0.933. The summed E-state index contributed by atoms with van der Waals surface area (Å²) in [7, 11) is 0. The number of nitrogens with zero attached hydrogens (tertiary/aromatic N) is 2. The highest BCUT2D eigenvalue weighted by Gasteiger charge is 2.42. The first-order chi connectivity index (χ1) is 9.36. The van der Waals surface area contributed by atoms with Gasteiger partial charge in [-0.3, -0.25) is 4.90 Å². The van der Waals surface area contributed by atoms with Crippen molar-refractivity contribution in [3.05, 3.63) is 0 Å². The Morgan fingerprint density at radius 2 is 1.85 bits per heavy atom. The lowest BCUT2D eigenvalue weighted by atomic mass is 9.87. The Hall–Kier alpha value is -0.810. The zero-order chi connectivity index (χ0) is 14.8. The van der Waals surface area contributed by atoms with E-state index >= 15 is 0 Å². The molecule has 2 aliphatic rings. The molecule has 2 heterocycles. The van der Waals surface area contributed by atoms with Crippen molar-refractivity contribution < 1.29 is 9.53 Å². The van der Waals surface area contributed by atoms with Gasteiger partial charge in [-0.1, -0.05) is 0 Å². The quantitative estimate of drug-likeness (QED) is 0.839. The lowest BCUT2D eigenvalue weighted by molar-refractivity contribution is -0.00796. The Morgan fingerprint density at radius 1 is 1.20 bits per heavy atom. The molecule has 2 fully saturated rings. The fourth-order valence-electron chi connectivity index (χ4n) is 3.34. The van der Waals surface area contributed by atoms with E-state index in [0.717, 1.165) is 32.5 Å². The van der Waals surface area contributed by atoms with Crippen LogP contribution in [0.1, 0.15) is 46.5 Å². The van der Waals surface area contributed by atoms with E-state index in [4.69, 9.17) is 10.5 Å². The summed E-state index contributed by atoms with van der Waals surface area (Å²) in [4.78, 5) is 16.6. The Balaban J connectivity index is 2.04. The van der Waals surface area contributed by atoms with Gasteiger partial charge in [0, 0.05) is 19.6 Å². The smallest absolute Gasteiger partial charge is 0.410 e. The average Bonchev–Trinajstić information content (AvgIpc) is 2.91. The van der Waals surface area contributed by atoms with Gasteiger partial charge in [-0.15, -0.1) is 0 Å². The number of carbonyl (C=O) groups is 1. The first-order valence-electron chi connectivity index (χ1n) is 7.79. The van der Waals surface area contributed by atoms with Crippen molar-refractivity contribution in [2.45, 2.75) is 57.6 Å². The summed E-state index contributed by atoms with van der Waals surface area (Å²) in [5.74, 6) is 0. The van der Waals surface area contributed by atoms with E-state index in [1.54, 1.807) is 0 Å². The molecule has 1 amide bonds. The molecule has 0 aromatic rings. The third kappa shape index (κ3) is 3.44. The van der Waals surface area contributed by atoms with Crippen LogP contribution in [0.2, 0.25) is 0 Å². The largest absolute Gasteiger partial charge is 0.444 e. The average molecular weight is 283 g/mol. The number of nitrogens with two attached hydrogens (primary N) is 1. The molecule has 2 aliphatic heterocycles. The molecule has 5 heteroatoms. The van der Waals surface area contributed by atoms with Gasteiger partial charge in [-0.05, 0) is 59.5 Å². The molecular formula is C15H29N3O2. The predicted octanol–water partition coefficient (Wildman–Crippen LogP) is 1.81. The van der Waals surface area contributed by atoms with Gasteiger partial charge in [0.15, 0.2) is 0 Å². The van der Waals surface area contributed by atoms with Crippen LogP contribution in [0.4, 0.5) is 4.79 Å². The van der Waals surface area contributed by atoms with Crippen LogP contribution in [-0.4, -0.2) is 59.8 Å². The van der Waals surface area contributed by atoms with Gasteiger partial charge in [0.1, 0.15) is 5.60 Å². The molecule has 0 saturated carbocycles. The van der Waals surface area contributed by atoms with Gasteiger partial charge in [0.2, 0.25) is 0 Å². The standard InChI is InChI=1S/C15H29N3O2/c1-14(2,3)20-13(19)17-8-6-7-15(11-16,12-17)18-9-4-5-10-18/h4-12,16H2,1-3H3. The summed E-state index contributed by atoms with van der Waals surface area (Å²) < 4.78 is 5.51. The molecule has 0 radical (unpaired) electrons. The number of rotatable bonds is 2. The van der Waals surface area contributed by atoms with Crippen molar-refractivity contribution >= 4 is 6.09 Å². The first kappa shape index (κ1) is 15.6. The maximum absolute atomic E-state index is 12.3. The third-order valence-electron chi connectivity index (χ3n) is 4.36. The summed E-state index contributed by atoms with van der Waals surface area (Å²) in [6, 6.07) is 0. The van der Waals surface area contributed by atoms with Crippen molar-refractivity contribution in [2.75, 3.05) is 32.7 Å². The normalized spacial score (nSPS) is 28.7. The second-order valence-corrected chi connectivity index (χ2v) is 7.13. The fourth-order valence-corrected chi connectivity index (χ4v) is 3.34. The predicted molar refractivity (Wildman–Crippen MR) is 79.6 cm³/mol. The minimum absolute atomic E-state index is 0.0361. The molecule has 116 valence electrons. The zero-order valence-corrected chi connectivity index (χ0v) is 13.2. The highest BCUT2D eigenvalue weighted by Crippen LogP contribution is 2.30. The van der Waals surface area contributed by atoms with Gasteiger partial charge >= 0.3 is 6.09 Å². The number of ether oxygens (including phenoxy) is 1. The third-order valence-corrected chi connectivity index (χ3v) is 4.36. The summed E-state index contributed by atoms with van der Waals surface area (Å²) in [5.41, 5.74) is 5.61. The number of amides is 1. The molecule has 0 bridgehead atoms. The van der Waals surface area contributed by atoms with E-state index in [1.807, 2.05) is 25.7 Å². The SMILES string of the molecule is CC(C)(C)OC(=O)N1CCCC(CN)(N2CCCC2)C1. The van der Waals surface area contributed by atoms with Crippen molar-refractivity contribution in [3.8, 4) is 0 Å². The van der Waals surface area contributed by atoms with Crippen LogP contribution < -0.4 is 5.73 Å². The monoisotopic (exact) mass is 283 g/mol. The molecule has 1 unspecified atom stereocenters. The van der Waals surface area contributed by atoms with Crippen LogP contribution in [0.25, 0.3) is 0 Å². The number of likely N-dealkylation sites (tertiary alicyclic amines) is 2. The van der Waals surface area contributed by atoms with Gasteiger partial charge in [0.25, 0.3) is 0 Å². The maximum Gasteiger partial charge on any atom is 0.410 e. The molecule has 2 rings (SSSR count). The summed E-state index contributed by atoms with van der Waals surface area (Å²) >= 11 is 0. The minimum Gasteiger partial charge on any atom is -0.444 e. The van der Waals surface area contributed by atoms with Gasteiger partial charge in [0.05, 0.1) is 5.54 Å². The molecule has 0 aromatic carbocycles. The lowest BCUT2D eigenvalue weighted by Crippen LogP contribution is -2.62. The van der Waals surface area contributed by atoms with Gasteiger partial charge in [-0.2, -0.15) is 0 Å². The Kier molecular flexibility index (Phi) is 4.59. The first-order valence-corrected chi connectivity index (χ1v) is 7.79. The second kappa shape index (κ2) is 5.90. The Morgan fingerprint density at radius 3 is 2.40 bits per heavy atom. The van der Waals surface area contributed by atoms with Crippen molar-refractivity contribution in [2.24, 2.45) is 5.73 Å². The minimum atomic E-state index is -0.437. The van der Waals surface area contributed by atoms with E-state index in [-0.39, 0.29) is 11.6 Å². The number of hydrogen-bond donors (Lipinski definition) is 1. The molecule has 0 aromatic heterocycles. The van der Waals surface area contributed by atoms with E-state index in [2.05, 4.69) is 4.90 Å². The molecule has 2 saturated heterocycles. The molecule has 5 nitrogen and oxygen atoms in total. The lowest BCUT2D eigenvalue weighted by Gasteiger charge is -2.47. The molecular weight excluding hydrogens is 254 g/mol. The summed E-state index contributed by atoms with van der Waals surface area (Å²) in [6.45, 7) is 10.1. The summed E-state index contributed by atoms with van der Waals surface area (Å²) in [6.07, 6.45) is 4.38. The molecule has 0 aliphatic carbocycles. The van der Waals surface area contributed by atoms with Crippen molar-refractivity contribution in [1.29, 1.82) is 0 Å². The number of hydrogen-bond acceptors (Lipinski definition) is 4. The molecule has 20 heavy (non-hydrogen) atoms. The van der Waals surface area contributed by atoms with E-state index in [9.17, 15) is 4.79 Å². The van der Waals surface area contributed by atoms with Crippen LogP contribution in [0.5, 0.6) is 0 Å². The van der Waals surface area contributed by atoms with Crippen molar-refractivity contribution in [3.63, 3.8) is 0 Å². The van der Waals surface area contributed by atoms with Gasteiger partial charge in [-0.25, -0.2) is 4.79 Å². The Labute approximate surface area is 122 Å². The van der Waals surface area contributed by atoms with E-state index < -0.39 is 5.60 Å². The maximum atomic E-state index is 12.3. The van der Waals surface area contributed by atoms with Crippen molar-refractivity contribution in [1.82, 2.24) is 9.80 Å². The second-order valence-electron chi connectivity index (χ2n) is 7.13. The zero-order valence-electron chi connectivity index (χ0n) is 13.2. The highest BCUT2D eigenvalue weighted by atomic mass is 16.6. The van der Waals surface area contributed by atoms with Crippen LogP contribution >= 0.6 is 0 Å². The van der Waals surface area contributed by atoms with E-state index in [1.165, 1.54) is 12.8 Å². The van der Waals surface area contributed by atoms with Crippen LogP contribution in [0.3, 0.4) is 0 Å². The molecule has 2 N–H and O–H groups in total. The van der Waals surface area contributed by atoms with E-state index in [0.29, 0.717) is 13.1 Å². The Bertz CT molecular complexity index is 348. The molecule has 1 atom stereocenters. The highest BCUT2D eigenvalue weighted by molar-refractivity contribution is 5.68. The number of carbonyl (C=O) groups excluding carboxylic acids is 1. The number of piperidine rings is 1. The topological polar surface area (TPSA) is 58.8 Å².